The lowest BCUT2D eigenvalue weighted by Crippen LogP contribution is -2.65. The van der Waals surface area contributed by atoms with Crippen LogP contribution in [0.15, 0.2) is 60.7 Å². The maximum Gasteiger partial charge on any atom is 0.323 e. The highest BCUT2D eigenvalue weighted by molar-refractivity contribution is 5.95. The molecular weight excluding hydrogens is 492 g/mol. The first-order valence-electron chi connectivity index (χ1n) is 14.4. The van der Waals surface area contributed by atoms with Crippen LogP contribution in [0.25, 0.3) is 0 Å². The van der Waals surface area contributed by atoms with Crippen molar-refractivity contribution in [2.45, 2.75) is 95.5 Å². The van der Waals surface area contributed by atoms with E-state index in [2.05, 4.69) is 0 Å². The van der Waals surface area contributed by atoms with Gasteiger partial charge in [-0.15, -0.1) is 0 Å². The molecule has 210 valence electrons. The highest BCUT2D eigenvalue weighted by Gasteiger charge is 2.62. The fraction of sp³-hybridized carbons (Fsp3) is 0.531. The minimum absolute atomic E-state index is 0.0820. The maximum absolute atomic E-state index is 14.1. The molecule has 0 aromatic heterocycles. The van der Waals surface area contributed by atoms with Crippen LogP contribution in [0.5, 0.6) is 0 Å². The second-order valence-corrected chi connectivity index (χ2v) is 10.9. The zero-order valence-electron chi connectivity index (χ0n) is 23.2. The Morgan fingerprint density at radius 3 is 2.28 bits per heavy atom. The minimum atomic E-state index is -1.00. The summed E-state index contributed by atoms with van der Waals surface area (Å²) in [5.74, 6) is -0.989. The molecule has 0 amide bonds. The Bertz CT molecular complexity index is 1110. The standard InChI is InChI=1S/C32H42N2O5/c1-3-38-30(36)27(19-18-24-13-7-4-8-14-24)34-28(31(37)39-22-25-15-9-5-10-16-25)21-26-17-11-6-12-20-32(26,34)29(35)23(2)33/h4-5,7-10,13-16,23,26-28H,3,6,11-12,17-22,33H2,1-2H3/t23?,26-,27+,28+,32-/m1/s1. The lowest BCUT2D eigenvalue weighted by molar-refractivity contribution is -0.163. The third kappa shape index (κ3) is 6.42. The van der Waals surface area contributed by atoms with Gasteiger partial charge in [0.2, 0.25) is 0 Å². The molecule has 2 aliphatic rings. The molecule has 0 spiro atoms. The van der Waals surface area contributed by atoms with E-state index in [0.29, 0.717) is 25.7 Å². The summed E-state index contributed by atoms with van der Waals surface area (Å²) in [5.41, 5.74) is 7.24. The molecule has 0 bridgehead atoms. The summed E-state index contributed by atoms with van der Waals surface area (Å²) in [6, 6.07) is 17.3. The molecule has 2 fully saturated rings. The number of carbonyl (C=O) groups excluding carboxylic acids is 3. The van der Waals surface area contributed by atoms with E-state index in [4.69, 9.17) is 15.2 Å². The van der Waals surface area contributed by atoms with Crippen LogP contribution in [0, 0.1) is 5.92 Å². The van der Waals surface area contributed by atoms with Crippen molar-refractivity contribution in [3.8, 4) is 0 Å². The fourth-order valence-electron chi connectivity index (χ4n) is 6.65. The number of nitrogens with zero attached hydrogens (tertiary/aromatic N) is 1. The fourth-order valence-corrected chi connectivity index (χ4v) is 6.65. The molecule has 0 radical (unpaired) electrons. The van der Waals surface area contributed by atoms with E-state index >= 15 is 0 Å². The Labute approximate surface area is 232 Å². The number of fused-ring (bicyclic) bond motifs is 1. The van der Waals surface area contributed by atoms with Gasteiger partial charge in [-0.2, -0.15) is 0 Å². The van der Waals surface area contributed by atoms with Gasteiger partial charge in [-0.3, -0.25) is 19.3 Å². The van der Waals surface area contributed by atoms with Crippen molar-refractivity contribution in [1.29, 1.82) is 0 Å². The zero-order valence-corrected chi connectivity index (χ0v) is 23.2. The minimum Gasteiger partial charge on any atom is -0.465 e. The van der Waals surface area contributed by atoms with Gasteiger partial charge >= 0.3 is 11.9 Å². The number of esters is 2. The van der Waals surface area contributed by atoms with E-state index in [1.54, 1.807) is 13.8 Å². The second-order valence-electron chi connectivity index (χ2n) is 10.9. The van der Waals surface area contributed by atoms with Crippen LogP contribution >= 0.6 is 0 Å². The Morgan fingerprint density at radius 1 is 0.974 bits per heavy atom. The summed E-state index contributed by atoms with van der Waals surface area (Å²) in [4.78, 5) is 43.4. The van der Waals surface area contributed by atoms with Crippen molar-refractivity contribution in [2.24, 2.45) is 11.7 Å². The van der Waals surface area contributed by atoms with Crippen molar-refractivity contribution in [3.63, 3.8) is 0 Å². The van der Waals surface area contributed by atoms with Gasteiger partial charge in [-0.25, -0.2) is 0 Å². The van der Waals surface area contributed by atoms with Gasteiger partial charge in [0.25, 0.3) is 0 Å². The van der Waals surface area contributed by atoms with E-state index < -0.39 is 35.6 Å². The van der Waals surface area contributed by atoms with Gasteiger partial charge in [0.1, 0.15) is 18.7 Å². The normalized spacial score (nSPS) is 24.7. The van der Waals surface area contributed by atoms with E-state index in [0.717, 1.165) is 36.8 Å². The largest absolute Gasteiger partial charge is 0.465 e. The predicted octanol–water partition coefficient (Wildman–Crippen LogP) is 4.60. The lowest BCUT2D eigenvalue weighted by Gasteiger charge is -2.46. The first-order chi connectivity index (χ1) is 18.9. The van der Waals surface area contributed by atoms with E-state index in [-0.39, 0.29) is 24.9 Å². The third-order valence-electron chi connectivity index (χ3n) is 8.37. The van der Waals surface area contributed by atoms with Crippen LogP contribution in [-0.4, -0.2) is 52.9 Å². The summed E-state index contributed by atoms with van der Waals surface area (Å²) in [6.45, 7) is 3.84. The lowest BCUT2D eigenvalue weighted by atomic mass is 9.74. The molecule has 7 nitrogen and oxygen atoms in total. The van der Waals surface area contributed by atoms with Crippen LogP contribution in [0.4, 0.5) is 0 Å². The topological polar surface area (TPSA) is 98.9 Å². The van der Waals surface area contributed by atoms with Crippen molar-refractivity contribution in [3.05, 3.63) is 71.8 Å². The molecule has 2 aromatic carbocycles. The molecule has 2 aromatic rings. The molecule has 1 unspecified atom stereocenters. The number of carbonyl (C=O) groups is 3. The Morgan fingerprint density at radius 2 is 1.64 bits per heavy atom. The Hall–Kier alpha value is -3.03. The van der Waals surface area contributed by atoms with Gasteiger partial charge in [0.05, 0.1) is 18.2 Å². The zero-order chi connectivity index (χ0) is 27.8. The summed E-state index contributed by atoms with van der Waals surface area (Å²) < 4.78 is 11.4. The van der Waals surface area contributed by atoms with Crippen LogP contribution < -0.4 is 5.73 Å². The third-order valence-corrected chi connectivity index (χ3v) is 8.37. The monoisotopic (exact) mass is 534 g/mol. The van der Waals surface area contributed by atoms with Gasteiger partial charge in [-0.1, -0.05) is 79.9 Å². The van der Waals surface area contributed by atoms with Crippen LogP contribution in [-0.2, 0) is 36.9 Å². The number of aryl methyl sites for hydroxylation is 1. The molecule has 7 heteroatoms. The molecule has 1 aliphatic heterocycles. The molecule has 1 aliphatic carbocycles. The molecule has 4 rings (SSSR count). The van der Waals surface area contributed by atoms with Crippen LogP contribution in [0.3, 0.4) is 0 Å². The number of ether oxygens (including phenoxy) is 2. The van der Waals surface area contributed by atoms with Gasteiger partial charge < -0.3 is 15.2 Å². The van der Waals surface area contributed by atoms with E-state index in [1.165, 1.54) is 0 Å². The number of hydrogen-bond donors (Lipinski definition) is 1. The molecule has 1 saturated carbocycles. The number of nitrogens with two attached hydrogens (primary N) is 1. The van der Waals surface area contributed by atoms with Crippen LogP contribution in [0.1, 0.15) is 69.9 Å². The number of rotatable bonds is 11. The average molecular weight is 535 g/mol. The Balaban J connectivity index is 1.74. The SMILES string of the molecule is CCOC(=O)[C@H](CCc1ccccc1)N1[C@H](C(=O)OCc2ccccc2)C[C@H]2CCCCC[C@]21C(=O)C(C)N. The van der Waals surface area contributed by atoms with Crippen LogP contribution in [0.2, 0.25) is 0 Å². The highest BCUT2D eigenvalue weighted by atomic mass is 16.5. The smallest absolute Gasteiger partial charge is 0.323 e. The number of Topliss-reactive ketones (excluding diaryl/α,β-unsaturated/α-hetero) is 1. The van der Waals surface area contributed by atoms with Crippen molar-refractivity contribution in [1.82, 2.24) is 4.90 Å². The number of hydrogen-bond acceptors (Lipinski definition) is 7. The molecule has 2 N–H and O–H groups in total. The quantitative estimate of drug-likeness (QED) is 0.421. The number of ketones is 1. The summed E-state index contributed by atoms with van der Waals surface area (Å²) in [6.07, 6.45) is 5.71. The van der Waals surface area contributed by atoms with Gasteiger partial charge in [0, 0.05) is 0 Å². The first kappa shape index (κ1) is 29.0. The van der Waals surface area contributed by atoms with Crippen molar-refractivity contribution in [2.75, 3.05) is 6.61 Å². The van der Waals surface area contributed by atoms with Crippen molar-refractivity contribution < 1.29 is 23.9 Å². The second kappa shape index (κ2) is 13.4. The van der Waals surface area contributed by atoms with E-state index in [9.17, 15) is 14.4 Å². The summed E-state index contributed by atoms with van der Waals surface area (Å²) >= 11 is 0. The number of benzene rings is 2. The molecular formula is C32H42N2O5. The Kier molecular flexibility index (Phi) is 9.92. The highest BCUT2D eigenvalue weighted by Crippen LogP contribution is 2.50. The molecule has 1 saturated heterocycles. The van der Waals surface area contributed by atoms with Gasteiger partial charge in [-0.05, 0) is 63.0 Å². The predicted molar refractivity (Wildman–Crippen MR) is 150 cm³/mol. The average Bonchev–Trinajstić information content (AvgIpc) is 3.12. The summed E-state index contributed by atoms with van der Waals surface area (Å²) in [7, 11) is 0. The molecule has 1 heterocycles. The summed E-state index contributed by atoms with van der Waals surface area (Å²) in [5, 5.41) is 0. The van der Waals surface area contributed by atoms with Crippen molar-refractivity contribution >= 4 is 17.7 Å². The molecule has 5 atom stereocenters. The first-order valence-corrected chi connectivity index (χ1v) is 14.4. The molecule has 39 heavy (non-hydrogen) atoms. The van der Waals surface area contributed by atoms with E-state index in [1.807, 2.05) is 65.6 Å². The van der Waals surface area contributed by atoms with Gasteiger partial charge in [0.15, 0.2) is 5.78 Å². The number of likely N-dealkylation sites (tertiary alicyclic amines) is 1. The maximum atomic E-state index is 14.1.